The van der Waals surface area contributed by atoms with Crippen LogP contribution in [0.1, 0.15) is 52.7 Å². The highest BCUT2D eigenvalue weighted by Crippen LogP contribution is 2.28. The average molecular weight is 413 g/mol. The predicted molar refractivity (Wildman–Crippen MR) is 120 cm³/mol. The van der Waals surface area contributed by atoms with E-state index in [1.54, 1.807) is 26.3 Å². The fourth-order valence-electron chi connectivity index (χ4n) is 2.67. The standard InChI is InChI=1S/C24H32N2O4/c1-16(2)29-21-13-8-18(14-22(21)28-7)15-25-26-23(27)17(3)30-20-11-9-19(10-12-20)24(4,5)6/h8-17H,1-7H3,(H,26,27)/b25-15+. The van der Waals surface area contributed by atoms with Crippen LogP contribution in [0.4, 0.5) is 0 Å². The van der Waals surface area contributed by atoms with Crippen molar-refractivity contribution >= 4 is 12.1 Å². The minimum atomic E-state index is -0.681. The fourth-order valence-corrected chi connectivity index (χ4v) is 2.67. The summed E-state index contributed by atoms with van der Waals surface area (Å²) in [7, 11) is 1.58. The molecule has 0 spiro atoms. The van der Waals surface area contributed by atoms with E-state index in [0.717, 1.165) is 5.56 Å². The van der Waals surface area contributed by atoms with Crippen molar-refractivity contribution in [2.75, 3.05) is 7.11 Å². The van der Waals surface area contributed by atoms with E-state index in [2.05, 4.69) is 31.3 Å². The highest BCUT2D eigenvalue weighted by molar-refractivity contribution is 5.84. The Bertz CT molecular complexity index is 868. The molecule has 6 nitrogen and oxygen atoms in total. The van der Waals surface area contributed by atoms with E-state index in [1.807, 2.05) is 50.2 Å². The lowest BCUT2D eigenvalue weighted by molar-refractivity contribution is -0.127. The molecule has 1 amide bonds. The molecule has 0 aliphatic carbocycles. The van der Waals surface area contributed by atoms with Gasteiger partial charge in [0.05, 0.1) is 19.4 Å². The Balaban J connectivity index is 1.93. The first-order chi connectivity index (χ1) is 14.1. The summed E-state index contributed by atoms with van der Waals surface area (Å²) in [5.74, 6) is 1.57. The van der Waals surface area contributed by atoms with Gasteiger partial charge in [0.15, 0.2) is 17.6 Å². The minimum Gasteiger partial charge on any atom is -0.493 e. The number of hydrazone groups is 1. The second kappa shape index (κ2) is 10.1. The smallest absolute Gasteiger partial charge is 0.280 e. The molecular formula is C24H32N2O4. The zero-order valence-corrected chi connectivity index (χ0v) is 18.9. The molecule has 0 saturated carbocycles. The summed E-state index contributed by atoms with van der Waals surface area (Å²) in [4.78, 5) is 12.3. The monoisotopic (exact) mass is 412 g/mol. The molecule has 30 heavy (non-hydrogen) atoms. The number of carbonyl (C=O) groups excluding carboxylic acids is 1. The van der Waals surface area contributed by atoms with Gasteiger partial charge in [0.1, 0.15) is 5.75 Å². The summed E-state index contributed by atoms with van der Waals surface area (Å²) < 4.78 is 16.8. The van der Waals surface area contributed by atoms with Gasteiger partial charge in [-0.15, -0.1) is 0 Å². The molecular weight excluding hydrogens is 380 g/mol. The van der Waals surface area contributed by atoms with Crippen LogP contribution in [-0.2, 0) is 10.2 Å². The lowest BCUT2D eigenvalue weighted by Gasteiger charge is -2.20. The largest absolute Gasteiger partial charge is 0.493 e. The fraction of sp³-hybridized carbons (Fsp3) is 0.417. The molecule has 0 aliphatic heterocycles. The van der Waals surface area contributed by atoms with Gasteiger partial charge in [-0.05, 0) is 67.6 Å². The van der Waals surface area contributed by atoms with Crippen molar-refractivity contribution in [3.63, 3.8) is 0 Å². The van der Waals surface area contributed by atoms with Gasteiger partial charge in [-0.2, -0.15) is 5.10 Å². The van der Waals surface area contributed by atoms with Crippen LogP contribution >= 0.6 is 0 Å². The molecule has 162 valence electrons. The Morgan fingerprint density at radius 2 is 1.67 bits per heavy atom. The van der Waals surface area contributed by atoms with E-state index in [9.17, 15) is 4.79 Å². The number of methoxy groups -OCH3 is 1. The van der Waals surface area contributed by atoms with E-state index in [1.165, 1.54) is 5.56 Å². The van der Waals surface area contributed by atoms with Crippen LogP contribution < -0.4 is 19.6 Å². The molecule has 6 heteroatoms. The molecule has 0 bridgehead atoms. The van der Waals surface area contributed by atoms with Crippen molar-refractivity contribution in [3.8, 4) is 17.2 Å². The SMILES string of the molecule is COc1cc(/C=N/NC(=O)C(C)Oc2ccc(C(C)(C)C)cc2)ccc1OC(C)C. The molecule has 0 heterocycles. The van der Waals surface area contributed by atoms with Crippen molar-refractivity contribution < 1.29 is 19.0 Å². The summed E-state index contributed by atoms with van der Waals surface area (Å²) >= 11 is 0. The maximum Gasteiger partial charge on any atom is 0.280 e. The van der Waals surface area contributed by atoms with Crippen LogP contribution in [0.15, 0.2) is 47.6 Å². The Morgan fingerprint density at radius 3 is 2.23 bits per heavy atom. The number of hydrogen-bond donors (Lipinski definition) is 1. The summed E-state index contributed by atoms with van der Waals surface area (Å²) in [6.45, 7) is 12.0. The lowest BCUT2D eigenvalue weighted by Crippen LogP contribution is -2.33. The van der Waals surface area contributed by atoms with Crippen LogP contribution in [0.25, 0.3) is 0 Å². The average Bonchev–Trinajstić information content (AvgIpc) is 2.68. The quantitative estimate of drug-likeness (QED) is 0.504. The zero-order valence-electron chi connectivity index (χ0n) is 18.9. The third kappa shape index (κ3) is 6.79. The number of rotatable bonds is 8. The zero-order chi connectivity index (χ0) is 22.3. The minimum absolute atomic E-state index is 0.0452. The van der Waals surface area contributed by atoms with Crippen molar-refractivity contribution in [2.24, 2.45) is 5.10 Å². The van der Waals surface area contributed by atoms with E-state index in [-0.39, 0.29) is 17.4 Å². The summed E-state index contributed by atoms with van der Waals surface area (Å²) in [5, 5.41) is 4.02. The van der Waals surface area contributed by atoms with E-state index in [0.29, 0.717) is 17.2 Å². The molecule has 2 aromatic carbocycles. The highest BCUT2D eigenvalue weighted by Gasteiger charge is 2.16. The van der Waals surface area contributed by atoms with Gasteiger partial charge in [-0.3, -0.25) is 4.79 Å². The number of benzene rings is 2. The Kier molecular flexibility index (Phi) is 7.86. The first-order valence-electron chi connectivity index (χ1n) is 10.0. The highest BCUT2D eigenvalue weighted by atomic mass is 16.5. The Morgan fingerprint density at radius 1 is 1.00 bits per heavy atom. The second-order valence-electron chi connectivity index (χ2n) is 8.35. The van der Waals surface area contributed by atoms with E-state index >= 15 is 0 Å². The lowest BCUT2D eigenvalue weighted by atomic mass is 9.87. The van der Waals surface area contributed by atoms with Crippen LogP contribution in [-0.4, -0.2) is 31.4 Å². The number of ether oxygens (including phenoxy) is 3. The molecule has 0 aliphatic rings. The number of nitrogens with zero attached hydrogens (tertiary/aromatic N) is 1. The van der Waals surface area contributed by atoms with Gasteiger partial charge in [-0.1, -0.05) is 32.9 Å². The first-order valence-corrected chi connectivity index (χ1v) is 10.0. The molecule has 1 atom stereocenters. The molecule has 0 fully saturated rings. The van der Waals surface area contributed by atoms with Crippen molar-refractivity contribution in [3.05, 3.63) is 53.6 Å². The Labute approximate surface area is 179 Å². The molecule has 2 aromatic rings. The van der Waals surface area contributed by atoms with Gasteiger partial charge in [0.25, 0.3) is 5.91 Å². The normalized spacial score (nSPS) is 12.7. The maximum absolute atomic E-state index is 12.3. The van der Waals surface area contributed by atoms with Crippen molar-refractivity contribution in [2.45, 2.75) is 59.2 Å². The molecule has 2 rings (SSSR count). The number of hydrogen-bond acceptors (Lipinski definition) is 5. The number of carbonyl (C=O) groups is 1. The predicted octanol–water partition coefficient (Wildman–Crippen LogP) is 4.70. The van der Waals surface area contributed by atoms with Gasteiger partial charge in [0, 0.05) is 0 Å². The summed E-state index contributed by atoms with van der Waals surface area (Å²) in [6, 6.07) is 13.2. The molecule has 1 N–H and O–H groups in total. The second-order valence-corrected chi connectivity index (χ2v) is 8.35. The number of nitrogens with one attached hydrogen (secondary N) is 1. The van der Waals surface area contributed by atoms with E-state index in [4.69, 9.17) is 14.2 Å². The van der Waals surface area contributed by atoms with Crippen LogP contribution in [0.2, 0.25) is 0 Å². The Hall–Kier alpha value is -3.02. The van der Waals surface area contributed by atoms with Gasteiger partial charge >= 0.3 is 0 Å². The number of amides is 1. The van der Waals surface area contributed by atoms with Gasteiger partial charge in [0.2, 0.25) is 0 Å². The summed E-state index contributed by atoms with van der Waals surface area (Å²) in [6.07, 6.45) is 0.910. The molecule has 0 aromatic heterocycles. The molecule has 0 radical (unpaired) electrons. The maximum atomic E-state index is 12.3. The molecule has 1 unspecified atom stereocenters. The third-order valence-corrected chi connectivity index (χ3v) is 4.34. The van der Waals surface area contributed by atoms with Crippen molar-refractivity contribution in [1.29, 1.82) is 0 Å². The third-order valence-electron chi connectivity index (χ3n) is 4.34. The molecule has 0 saturated heterocycles. The van der Waals surface area contributed by atoms with Gasteiger partial charge < -0.3 is 14.2 Å². The van der Waals surface area contributed by atoms with Crippen LogP contribution in [0.3, 0.4) is 0 Å². The topological polar surface area (TPSA) is 69.2 Å². The van der Waals surface area contributed by atoms with Gasteiger partial charge in [-0.25, -0.2) is 5.43 Å². The van der Waals surface area contributed by atoms with Crippen LogP contribution in [0.5, 0.6) is 17.2 Å². The van der Waals surface area contributed by atoms with E-state index < -0.39 is 6.10 Å². The summed E-state index contributed by atoms with van der Waals surface area (Å²) in [5.41, 5.74) is 4.55. The first kappa shape index (κ1) is 23.3. The van der Waals surface area contributed by atoms with Crippen molar-refractivity contribution in [1.82, 2.24) is 5.43 Å². The van der Waals surface area contributed by atoms with Crippen LogP contribution in [0, 0.1) is 0 Å².